The van der Waals surface area contributed by atoms with Crippen LogP contribution in [0.25, 0.3) is 0 Å². The lowest BCUT2D eigenvalue weighted by atomic mass is 9.92. The smallest absolute Gasteiger partial charge is 0.189 e. The van der Waals surface area contributed by atoms with Gasteiger partial charge in [-0.05, 0) is 49.9 Å². The predicted molar refractivity (Wildman–Crippen MR) is 91.6 cm³/mol. The Morgan fingerprint density at radius 3 is 2.39 bits per heavy atom. The summed E-state index contributed by atoms with van der Waals surface area (Å²) in [5.74, 6) is 0.412. The van der Waals surface area contributed by atoms with Crippen LogP contribution in [0.4, 0.5) is 5.82 Å². The van der Waals surface area contributed by atoms with Crippen LogP contribution in [0.3, 0.4) is 0 Å². The summed E-state index contributed by atoms with van der Waals surface area (Å²) in [5.41, 5.74) is 10.9. The molecule has 2 rings (SSSR count). The molecule has 1 aromatic carbocycles. The number of carbonyl (C=O) groups excluding carboxylic acids is 1. The summed E-state index contributed by atoms with van der Waals surface area (Å²) in [7, 11) is 0. The molecular formula is C17H18N4OS. The molecule has 0 aliphatic heterocycles. The maximum absolute atomic E-state index is 12.6. The predicted octanol–water partition coefficient (Wildman–Crippen LogP) is 3.14. The summed E-state index contributed by atoms with van der Waals surface area (Å²) in [6, 6.07) is 4.01. The fraction of sp³-hybridized carbons (Fsp3) is 0.294. The Morgan fingerprint density at radius 2 is 1.87 bits per heavy atom. The van der Waals surface area contributed by atoms with Crippen LogP contribution in [0, 0.1) is 39.0 Å². The third-order valence-corrected chi connectivity index (χ3v) is 4.76. The number of carbonyl (C=O) groups is 1. The van der Waals surface area contributed by atoms with Gasteiger partial charge in [-0.25, -0.2) is 9.97 Å². The minimum absolute atomic E-state index is 0.0448. The number of aromatic nitrogens is 2. The molecule has 0 amide bonds. The molecule has 0 aliphatic rings. The monoisotopic (exact) mass is 326 g/mol. The SMILES string of the molecule is Cc1cc(C)c(C)c(C(=O)CSc2ncc(C#N)c(N)n2)c1C. The zero-order chi connectivity index (χ0) is 17.1. The summed E-state index contributed by atoms with van der Waals surface area (Å²) in [4.78, 5) is 20.7. The highest BCUT2D eigenvalue weighted by molar-refractivity contribution is 7.99. The maximum atomic E-state index is 12.6. The van der Waals surface area contributed by atoms with Gasteiger partial charge in [-0.1, -0.05) is 17.8 Å². The van der Waals surface area contributed by atoms with Gasteiger partial charge in [0, 0.05) is 5.56 Å². The van der Waals surface area contributed by atoms with Crippen LogP contribution in [-0.4, -0.2) is 21.5 Å². The molecule has 0 radical (unpaired) electrons. The number of nitriles is 1. The number of hydrogen-bond donors (Lipinski definition) is 1. The largest absolute Gasteiger partial charge is 0.382 e. The second kappa shape index (κ2) is 6.80. The van der Waals surface area contributed by atoms with Gasteiger partial charge in [0.25, 0.3) is 0 Å². The van der Waals surface area contributed by atoms with Crippen LogP contribution < -0.4 is 5.73 Å². The lowest BCUT2D eigenvalue weighted by Gasteiger charge is -2.14. The van der Waals surface area contributed by atoms with E-state index < -0.39 is 0 Å². The number of anilines is 1. The van der Waals surface area contributed by atoms with E-state index in [1.807, 2.05) is 33.8 Å². The summed E-state index contributed by atoms with van der Waals surface area (Å²) in [5, 5.41) is 9.22. The van der Waals surface area contributed by atoms with Crippen molar-refractivity contribution >= 4 is 23.4 Å². The van der Waals surface area contributed by atoms with Crippen molar-refractivity contribution in [2.45, 2.75) is 32.9 Å². The number of nitrogens with zero attached hydrogens (tertiary/aromatic N) is 3. The summed E-state index contributed by atoms with van der Waals surface area (Å²) in [6.07, 6.45) is 1.38. The van der Waals surface area contributed by atoms with Crippen LogP contribution in [0.15, 0.2) is 17.4 Å². The number of thioether (sulfide) groups is 1. The first-order valence-corrected chi connectivity index (χ1v) is 8.09. The molecule has 0 bridgehead atoms. The molecule has 0 saturated heterocycles. The van der Waals surface area contributed by atoms with Gasteiger partial charge in [0.1, 0.15) is 17.5 Å². The molecule has 118 valence electrons. The molecule has 2 N–H and O–H groups in total. The van der Waals surface area contributed by atoms with E-state index in [4.69, 9.17) is 11.0 Å². The zero-order valence-corrected chi connectivity index (χ0v) is 14.4. The van der Waals surface area contributed by atoms with Crippen LogP contribution >= 0.6 is 11.8 Å². The van der Waals surface area contributed by atoms with Gasteiger partial charge < -0.3 is 5.73 Å². The fourth-order valence-corrected chi connectivity index (χ4v) is 3.07. The normalized spacial score (nSPS) is 10.4. The minimum atomic E-state index is 0.0448. The van der Waals surface area contributed by atoms with E-state index in [1.165, 1.54) is 18.0 Å². The van der Waals surface area contributed by atoms with Crippen molar-refractivity contribution in [2.75, 3.05) is 11.5 Å². The number of Topliss-reactive ketones (excluding diaryl/α,β-unsaturated/α-hetero) is 1. The van der Waals surface area contributed by atoms with Gasteiger partial charge in [-0.2, -0.15) is 5.26 Å². The molecular weight excluding hydrogens is 308 g/mol. The Bertz CT molecular complexity index is 798. The quantitative estimate of drug-likeness (QED) is 0.527. The van der Waals surface area contributed by atoms with E-state index >= 15 is 0 Å². The van der Waals surface area contributed by atoms with E-state index in [9.17, 15) is 4.79 Å². The lowest BCUT2D eigenvalue weighted by Crippen LogP contribution is -2.10. The topological polar surface area (TPSA) is 92.7 Å². The molecule has 5 nitrogen and oxygen atoms in total. The number of aryl methyl sites for hydroxylation is 2. The molecule has 6 heteroatoms. The Kier molecular flexibility index (Phi) is 5.02. The Balaban J connectivity index is 2.21. The van der Waals surface area contributed by atoms with Gasteiger partial charge in [0.15, 0.2) is 10.9 Å². The molecule has 2 aromatic rings. The van der Waals surface area contributed by atoms with Gasteiger partial charge in [-0.15, -0.1) is 0 Å². The van der Waals surface area contributed by atoms with Crippen molar-refractivity contribution in [3.8, 4) is 6.07 Å². The van der Waals surface area contributed by atoms with E-state index in [0.717, 1.165) is 27.8 Å². The summed E-state index contributed by atoms with van der Waals surface area (Å²) < 4.78 is 0. The molecule has 23 heavy (non-hydrogen) atoms. The maximum Gasteiger partial charge on any atom is 0.189 e. The molecule has 0 fully saturated rings. The molecule has 0 atom stereocenters. The minimum Gasteiger partial charge on any atom is -0.382 e. The first-order chi connectivity index (χ1) is 10.8. The van der Waals surface area contributed by atoms with Gasteiger partial charge in [0.2, 0.25) is 0 Å². The lowest BCUT2D eigenvalue weighted by molar-refractivity contribution is 0.102. The average Bonchev–Trinajstić information content (AvgIpc) is 2.51. The summed E-state index contributed by atoms with van der Waals surface area (Å²) in [6.45, 7) is 7.96. The van der Waals surface area contributed by atoms with Crippen molar-refractivity contribution in [1.82, 2.24) is 9.97 Å². The molecule has 0 saturated carbocycles. The van der Waals surface area contributed by atoms with E-state index in [-0.39, 0.29) is 22.9 Å². The number of rotatable bonds is 4. The van der Waals surface area contributed by atoms with Crippen molar-refractivity contribution in [2.24, 2.45) is 0 Å². The van der Waals surface area contributed by atoms with E-state index in [1.54, 1.807) is 0 Å². The Morgan fingerprint density at radius 1 is 1.26 bits per heavy atom. The highest BCUT2D eigenvalue weighted by Gasteiger charge is 2.16. The fourth-order valence-electron chi connectivity index (χ4n) is 2.37. The molecule has 1 heterocycles. The number of benzene rings is 1. The number of hydrogen-bond acceptors (Lipinski definition) is 6. The number of nitrogen functional groups attached to an aromatic ring is 1. The van der Waals surface area contributed by atoms with E-state index in [2.05, 4.69) is 16.0 Å². The zero-order valence-electron chi connectivity index (χ0n) is 13.6. The molecule has 0 unspecified atom stereocenters. The molecule has 0 spiro atoms. The van der Waals surface area contributed by atoms with Crippen LogP contribution in [-0.2, 0) is 0 Å². The molecule has 1 aromatic heterocycles. The van der Waals surface area contributed by atoms with Gasteiger partial charge in [0.05, 0.1) is 11.9 Å². The van der Waals surface area contributed by atoms with Crippen LogP contribution in [0.2, 0.25) is 0 Å². The first kappa shape index (κ1) is 17.0. The highest BCUT2D eigenvalue weighted by Crippen LogP contribution is 2.24. The van der Waals surface area contributed by atoms with E-state index in [0.29, 0.717) is 5.16 Å². The first-order valence-electron chi connectivity index (χ1n) is 7.11. The van der Waals surface area contributed by atoms with Crippen molar-refractivity contribution in [3.63, 3.8) is 0 Å². The third-order valence-electron chi connectivity index (χ3n) is 3.89. The van der Waals surface area contributed by atoms with Gasteiger partial charge in [-0.3, -0.25) is 4.79 Å². The Labute approximate surface area is 139 Å². The number of ketones is 1. The number of nitrogens with two attached hydrogens (primary N) is 1. The third kappa shape index (κ3) is 3.51. The highest BCUT2D eigenvalue weighted by atomic mass is 32.2. The van der Waals surface area contributed by atoms with Crippen molar-refractivity contribution < 1.29 is 4.79 Å². The van der Waals surface area contributed by atoms with Crippen molar-refractivity contribution in [3.05, 3.63) is 45.6 Å². The standard InChI is InChI=1S/C17H18N4OS/c1-9-5-10(2)12(4)15(11(9)3)14(22)8-23-17-20-7-13(6-18)16(19)21-17/h5,7H,8H2,1-4H3,(H2,19,20,21). The Hall–Kier alpha value is -2.39. The molecule has 0 aliphatic carbocycles. The second-order valence-electron chi connectivity index (χ2n) is 5.41. The van der Waals surface area contributed by atoms with Crippen LogP contribution in [0.1, 0.15) is 38.2 Å². The van der Waals surface area contributed by atoms with Crippen molar-refractivity contribution in [1.29, 1.82) is 5.26 Å². The van der Waals surface area contributed by atoms with Gasteiger partial charge >= 0.3 is 0 Å². The second-order valence-corrected chi connectivity index (χ2v) is 6.35. The van der Waals surface area contributed by atoms with Crippen LogP contribution in [0.5, 0.6) is 0 Å². The average molecular weight is 326 g/mol. The summed E-state index contributed by atoms with van der Waals surface area (Å²) >= 11 is 1.22.